The Labute approximate surface area is 198 Å². The van der Waals surface area contributed by atoms with Crippen molar-refractivity contribution in [3.05, 3.63) is 80.3 Å². The van der Waals surface area contributed by atoms with Crippen LogP contribution in [0.25, 0.3) is 0 Å². The van der Waals surface area contributed by atoms with Gasteiger partial charge in [0.15, 0.2) is 0 Å². The number of aromatic nitrogens is 1. The molecule has 2 aromatic carbocycles. The van der Waals surface area contributed by atoms with E-state index in [0.717, 1.165) is 16.1 Å². The molecule has 0 aliphatic rings. The van der Waals surface area contributed by atoms with Crippen LogP contribution >= 0.6 is 22.9 Å². The van der Waals surface area contributed by atoms with Crippen LogP contribution in [0.2, 0.25) is 5.02 Å². The number of halogens is 1. The van der Waals surface area contributed by atoms with Crippen LogP contribution in [0.15, 0.2) is 47.8 Å². The van der Waals surface area contributed by atoms with E-state index in [2.05, 4.69) is 25.8 Å². The second-order valence-electron chi connectivity index (χ2n) is 8.16. The first-order valence-electron chi connectivity index (χ1n) is 10.6. The topological polar surface area (TPSA) is 62.7 Å². The molecule has 170 valence electrons. The maximum Gasteiger partial charge on any atom is 0.254 e. The first-order chi connectivity index (χ1) is 15.3. The molecule has 0 saturated heterocycles. The number of hydrogen-bond acceptors (Lipinski definition) is 5. The number of carbonyl (C=O) groups is 1. The van der Waals surface area contributed by atoms with Crippen LogP contribution in [-0.2, 0) is 19.8 Å². The van der Waals surface area contributed by atoms with Crippen LogP contribution < -0.4 is 4.74 Å². The predicted octanol–water partition coefficient (Wildman–Crippen LogP) is 5.86. The number of hydrogen-bond donors (Lipinski definition) is 1. The number of aryl methyl sites for hydroxylation is 1. The molecule has 0 fully saturated rings. The van der Waals surface area contributed by atoms with Gasteiger partial charge < -0.3 is 14.7 Å². The van der Waals surface area contributed by atoms with Crippen LogP contribution in [0, 0.1) is 12.8 Å². The van der Waals surface area contributed by atoms with E-state index in [1.54, 1.807) is 6.07 Å². The van der Waals surface area contributed by atoms with Crippen LogP contribution in [0.4, 0.5) is 0 Å². The van der Waals surface area contributed by atoms with Gasteiger partial charge in [0, 0.05) is 34.1 Å². The second kappa shape index (κ2) is 10.9. The molecule has 0 saturated carbocycles. The average molecular weight is 473 g/mol. The van der Waals surface area contributed by atoms with Crippen LogP contribution in [-0.4, -0.2) is 26.9 Å². The Kier molecular flexibility index (Phi) is 8.29. The molecule has 1 heterocycles. The summed E-state index contributed by atoms with van der Waals surface area (Å²) >= 11 is 7.75. The lowest BCUT2D eigenvalue weighted by Gasteiger charge is -2.33. The molecule has 0 unspecified atom stereocenters. The van der Waals surface area contributed by atoms with Crippen molar-refractivity contribution < 1.29 is 14.6 Å². The number of carbonyl (C=O) groups excluding carboxylic acids is 1. The highest BCUT2D eigenvalue weighted by molar-refractivity contribution is 7.09. The number of amides is 1. The fourth-order valence-electron chi connectivity index (χ4n) is 3.35. The van der Waals surface area contributed by atoms with E-state index in [0.29, 0.717) is 28.6 Å². The molecule has 0 aliphatic carbocycles. The molecule has 0 radical (unpaired) electrons. The average Bonchev–Trinajstić information content (AvgIpc) is 3.24. The number of nitrogens with zero attached hydrogens (tertiary/aromatic N) is 2. The predicted molar refractivity (Wildman–Crippen MR) is 129 cm³/mol. The summed E-state index contributed by atoms with van der Waals surface area (Å²) in [5.74, 6) is 0.926. The quantitative estimate of drug-likeness (QED) is 0.423. The minimum Gasteiger partial charge on any atom is -0.486 e. The molecule has 0 bridgehead atoms. The first-order valence-corrected chi connectivity index (χ1v) is 11.9. The number of aliphatic hydroxyl groups excluding tert-OH is 1. The monoisotopic (exact) mass is 472 g/mol. The molecule has 0 spiro atoms. The zero-order valence-corrected chi connectivity index (χ0v) is 20.4. The molecule has 7 heteroatoms. The number of ether oxygens (including phenoxy) is 1. The number of benzene rings is 2. The number of rotatable bonds is 9. The second-order valence-corrected chi connectivity index (χ2v) is 9.54. The Balaban J connectivity index is 1.88. The normalized spacial score (nSPS) is 12.1. The van der Waals surface area contributed by atoms with Crippen molar-refractivity contribution >= 4 is 28.8 Å². The van der Waals surface area contributed by atoms with Gasteiger partial charge in [0.25, 0.3) is 5.91 Å². The lowest BCUT2D eigenvalue weighted by atomic mass is 10.0. The molecule has 1 N–H and O–H groups in total. The van der Waals surface area contributed by atoms with E-state index in [4.69, 9.17) is 16.3 Å². The lowest BCUT2D eigenvalue weighted by Crippen LogP contribution is -2.41. The fraction of sp³-hybridized carbons (Fsp3) is 0.360. The Hall–Kier alpha value is -2.41. The van der Waals surface area contributed by atoms with E-state index in [9.17, 15) is 9.90 Å². The van der Waals surface area contributed by atoms with Crippen molar-refractivity contribution in [2.75, 3.05) is 0 Å². The maximum atomic E-state index is 13.5. The van der Waals surface area contributed by atoms with Crippen LogP contribution in [0.3, 0.4) is 0 Å². The van der Waals surface area contributed by atoms with E-state index < -0.39 is 0 Å². The van der Waals surface area contributed by atoms with E-state index >= 15 is 0 Å². The summed E-state index contributed by atoms with van der Waals surface area (Å²) in [4.78, 5) is 19.8. The highest BCUT2D eigenvalue weighted by Gasteiger charge is 2.26. The van der Waals surface area contributed by atoms with Gasteiger partial charge in [0.05, 0.1) is 12.3 Å². The molecule has 5 nitrogen and oxygen atoms in total. The summed E-state index contributed by atoms with van der Waals surface area (Å²) < 4.78 is 6.06. The van der Waals surface area contributed by atoms with E-state index in [1.165, 1.54) is 11.3 Å². The Morgan fingerprint density at radius 3 is 2.62 bits per heavy atom. The van der Waals surface area contributed by atoms with Crippen LogP contribution in [0.1, 0.15) is 53.0 Å². The smallest absolute Gasteiger partial charge is 0.254 e. The fourth-order valence-corrected chi connectivity index (χ4v) is 4.24. The van der Waals surface area contributed by atoms with Crippen LogP contribution in [0.5, 0.6) is 5.75 Å². The van der Waals surface area contributed by atoms with Crippen molar-refractivity contribution in [1.29, 1.82) is 0 Å². The van der Waals surface area contributed by atoms with Gasteiger partial charge in [-0.05, 0) is 49.6 Å². The van der Waals surface area contributed by atoms with Gasteiger partial charge in [-0.2, -0.15) is 0 Å². The summed E-state index contributed by atoms with van der Waals surface area (Å²) in [6.45, 7) is 8.81. The van der Waals surface area contributed by atoms with Gasteiger partial charge in [-0.1, -0.05) is 43.6 Å². The van der Waals surface area contributed by atoms with Crippen molar-refractivity contribution in [1.82, 2.24) is 9.88 Å². The summed E-state index contributed by atoms with van der Waals surface area (Å²) in [6.07, 6.45) is 0. The van der Waals surface area contributed by atoms with E-state index in [-0.39, 0.29) is 31.1 Å². The van der Waals surface area contributed by atoms with Gasteiger partial charge in [0.1, 0.15) is 17.4 Å². The largest absolute Gasteiger partial charge is 0.486 e. The number of aliphatic hydroxyl groups is 1. The summed E-state index contributed by atoms with van der Waals surface area (Å²) in [6, 6.07) is 13.1. The number of thiazole rings is 1. The summed E-state index contributed by atoms with van der Waals surface area (Å²) in [7, 11) is 0. The molecular weight excluding hydrogens is 444 g/mol. The van der Waals surface area contributed by atoms with E-state index in [1.807, 2.05) is 53.6 Å². The highest BCUT2D eigenvalue weighted by Crippen LogP contribution is 2.28. The van der Waals surface area contributed by atoms with Crippen molar-refractivity contribution in [2.45, 2.75) is 53.5 Å². The van der Waals surface area contributed by atoms with Gasteiger partial charge >= 0.3 is 0 Å². The van der Waals surface area contributed by atoms with Gasteiger partial charge in [0.2, 0.25) is 0 Å². The first kappa shape index (κ1) is 24.2. The molecule has 3 rings (SSSR count). The van der Waals surface area contributed by atoms with Crippen molar-refractivity contribution in [2.24, 2.45) is 5.92 Å². The lowest BCUT2D eigenvalue weighted by molar-refractivity contribution is 0.0625. The Morgan fingerprint density at radius 1 is 1.22 bits per heavy atom. The third-order valence-electron chi connectivity index (χ3n) is 5.57. The highest BCUT2D eigenvalue weighted by atomic mass is 35.5. The van der Waals surface area contributed by atoms with Gasteiger partial charge in [-0.25, -0.2) is 4.98 Å². The minimum absolute atomic E-state index is 0.0114. The SMILES string of the molecule is Cc1ccccc1C(=O)N(Cc1cc(Cl)ccc1OCc1nc(CO)cs1)[C@@H](C)C(C)C. The zero-order chi connectivity index (χ0) is 23.3. The molecule has 1 atom stereocenters. The molecule has 0 aliphatic heterocycles. The third kappa shape index (κ3) is 5.88. The van der Waals surface area contributed by atoms with Gasteiger partial charge in [-0.15, -0.1) is 11.3 Å². The molecule has 3 aromatic rings. The van der Waals surface area contributed by atoms with Crippen molar-refractivity contribution in [3.63, 3.8) is 0 Å². The van der Waals surface area contributed by atoms with Gasteiger partial charge in [-0.3, -0.25) is 4.79 Å². The molecular formula is C25H29ClN2O3S. The summed E-state index contributed by atoms with van der Waals surface area (Å²) in [5, 5.41) is 12.4. The Bertz CT molecular complexity index is 1070. The zero-order valence-electron chi connectivity index (χ0n) is 18.8. The standard InChI is InChI=1S/C25H29ClN2O3S/c1-16(2)18(4)28(25(30)22-8-6-5-7-17(22)3)12-19-11-20(26)9-10-23(19)31-14-24-27-21(13-29)15-32-24/h5-11,15-16,18,29H,12-14H2,1-4H3/t18-/m0/s1. The molecule has 1 aromatic heterocycles. The molecule has 1 amide bonds. The maximum absolute atomic E-state index is 13.5. The third-order valence-corrected chi connectivity index (χ3v) is 6.67. The minimum atomic E-state index is -0.0915. The summed E-state index contributed by atoms with van der Waals surface area (Å²) in [5.41, 5.74) is 3.12. The molecule has 32 heavy (non-hydrogen) atoms. The van der Waals surface area contributed by atoms with Crippen molar-refractivity contribution in [3.8, 4) is 5.75 Å². The Morgan fingerprint density at radius 2 is 1.97 bits per heavy atom.